The molecule has 0 saturated carbocycles. The highest BCUT2D eigenvalue weighted by Gasteiger charge is 2.28. The van der Waals surface area contributed by atoms with Gasteiger partial charge in [-0.15, -0.1) is 0 Å². The average molecular weight is 374 g/mol. The van der Waals surface area contributed by atoms with Gasteiger partial charge in [-0.05, 0) is 55.2 Å². The lowest BCUT2D eigenvalue weighted by atomic mass is 10.0. The first kappa shape index (κ1) is 18.0. The molecule has 1 atom stereocenters. The molecule has 0 aliphatic carbocycles. The summed E-state index contributed by atoms with van der Waals surface area (Å²) >= 11 is 0. The van der Waals surface area contributed by atoms with E-state index in [-0.39, 0.29) is 12.1 Å². The van der Waals surface area contributed by atoms with Gasteiger partial charge in [0, 0.05) is 30.7 Å². The van der Waals surface area contributed by atoms with Crippen LogP contribution < -0.4 is 10.1 Å². The van der Waals surface area contributed by atoms with Crippen LogP contribution in [0, 0.1) is 0 Å². The number of hydrogen-bond donors (Lipinski definition) is 1. The van der Waals surface area contributed by atoms with Crippen molar-refractivity contribution in [3.05, 3.63) is 78.6 Å². The summed E-state index contributed by atoms with van der Waals surface area (Å²) in [5.74, 6) is 0.618. The van der Waals surface area contributed by atoms with Crippen LogP contribution in [0.3, 0.4) is 0 Å². The molecule has 28 heavy (non-hydrogen) atoms. The van der Waals surface area contributed by atoms with Crippen LogP contribution in [-0.4, -0.2) is 33.5 Å². The smallest absolute Gasteiger partial charge is 0.322 e. The first-order valence-electron chi connectivity index (χ1n) is 9.44. The summed E-state index contributed by atoms with van der Waals surface area (Å²) in [5.41, 5.74) is 1.99. The number of amides is 2. The number of urea groups is 1. The standard InChI is InChI=1S/C22H22N4O2/c27-22(26-15-4-8-19(26)16-17-6-2-1-3-7-17)25-18-9-11-20(12-10-18)28-21-23-13-5-14-24-21/h1-3,5-7,9-14,19H,4,8,15-16H2,(H,25,27). The molecule has 6 nitrogen and oxygen atoms in total. The van der Waals surface area contributed by atoms with Gasteiger partial charge in [0.15, 0.2) is 0 Å². The quantitative estimate of drug-likeness (QED) is 0.714. The molecule has 1 fully saturated rings. The number of rotatable bonds is 5. The largest absolute Gasteiger partial charge is 0.424 e. The molecule has 1 aromatic heterocycles. The van der Waals surface area contributed by atoms with Gasteiger partial charge in [-0.1, -0.05) is 30.3 Å². The van der Waals surface area contributed by atoms with Gasteiger partial charge in [-0.2, -0.15) is 0 Å². The Kier molecular flexibility index (Phi) is 5.47. The van der Waals surface area contributed by atoms with E-state index in [4.69, 9.17) is 4.74 Å². The Morgan fingerprint density at radius 3 is 2.54 bits per heavy atom. The third-order valence-corrected chi connectivity index (χ3v) is 4.81. The monoisotopic (exact) mass is 374 g/mol. The molecule has 142 valence electrons. The van der Waals surface area contributed by atoms with E-state index >= 15 is 0 Å². The number of nitrogens with zero attached hydrogens (tertiary/aromatic N) is 3. The normalized spacial score (nSPS) is 16.0. The second kappa shape index (κ2) is 8.52. The van der Waals surface area contributed by atoms with Crippen LogP contribution in [0.1, 0.15) is 18.4 Å². The van der Waals surface area contributed by atoms with Crippen molar-refractivity contribution < 1.29 is 9.53 Å². The summed E-state index contributed by atoms with van der Waals surface area (Å²) in [7, 11) is 0. The second-order valence-corrected chi connectivity index (χ2v) is 6.77. The molecule has 1 unspecified atom stereocenters. The Morgan fingerprint density at radius 1 is 1.04 bits per heavy atom. The Morgan fingerprint density at radius 2 is 1.79 bits per heavy atom. The van der Waals surface area contributed by atoms with Gasteiger partial charge >= 0.3 is 12.0 Å². The Balaban J connectivity index is 1.36. The maximum atomic E-state index is 12.8. The highest BCUT2D eigenvalue weighted by Crippen LogP contribution is 2.24. The van der Waals surface area contributed by atoms with Gasteiger partial charge in [0.1, 0.15) is 5.75 Å². The number of hydrogen-bond acceptors (Lipinski definition) is 4. The molecule has 4 rings (SSSR count). The fourth-order valence-corrected chi connectivity index (χ4v) is 3.45. The topological polar surface area (TPSA) is 67.3 Å². The van der Waals surface area contributed by atoms with Crippen molar-refractivity contribution in [3.63, 3.8) is 0 Å². The van der Waals surface area contributed by atoms with E-state index < -0.39 is 0 Å². The minimum atomic E-state index is -0.0570. The van der Waals surface area contributed by atoms with Crippen LogP contribution in [0.4, 0.5) is 10.5 Å². The first-order valence-corrected chi connectivity index (χ1v) is 9.44. The first-order chi connectivity index (χ1) is 13.8. The van der Waals surface area contributed by atoms with E-state index in [1.807, 2.05) is 35.2 Å². The number of carbonyl (C=O) groups excluding carboxylic acids is 1. The number of nitrogens with one attached hydrogen (secondary N) is 1. The summed E-state index contributed by atoms with van der Waals surface area (Å²) < 4.78 is 5.58. The highest BCUT2D eigenvalue weighted by molar-refractivity contribution is 5.89. The molecule has 3 aromatic rings. The molecule has 1 aliphatic heterocycles. The predicted octanol–water partition coefficient (Wildman–Crippen LogP) is 4.51. The van der Waals surface area contributed by atoms with E-state index in [0.29, 0.717) is 11.8 Å². The van der Waals surface area contributed by atoms with Gasteiger partial charge in [-0.25, -0.2) is 14.8 Å². The fraction of sp³-hybridized carbons (Fsp3) is 0.227. The van der Waals surface area contributed by atoms with Gasteiger partial charge in [-0.3, -0.25) is 0 Å². The molecule has 2 heterocycles. The van der Waals surface area contributed by atoms with Crippen molar-refractivity contribution in [1.82, 2.24) is 14.9 Å². The van der Waals surface area contributed by atoms with E-state index in [1.54, 1.807) is 30.6 Å². The lowest BCUT2D eigenvalue weighted by molar-refractivity contribution is 0.206. The summed E-state index contributed by atoms with van der Waals surface area (Å²) in [6.07, 6.45) is 6.21. The average Bonchev–Trinajstić information content (AvgIpc) is 3.19. The zero-order valence-electron chi connectivity index (χ0n) is 15.5. The zero-order valence-corrected chi connectivity index (χ0v) is 15.5. The summed E-state index contributed by atoms with van der Waals surface area (Å²) in [4.78, 5) is 22.8. The van der Waals surface area contributed by atoms with Crippen molar-refractivity contribution in [2.45, 2.75) is 25.3 Å². The van der Waals surface area contributed by atoms with Crippen molar-refractivity contribution in [2.75, 3.05) is 11.9 Å². The number of anilines is 1. The molecule has 6 heteroatoms. The fourth-order valence-electron chi connectivity index (χ4n) is 3.45. The third kappa shape index (κ3) is 4.46. The van der Waals surface area contributed by atoms with Crippen LogP contribution in [-0.2, 0) is 6.42 Å². The SMILES string of the molecule is O=C(Nc1ccc(Oc2ncccn2)cc1)N1CCCC1Cc1ccccc1. The van der Waals surface area contributed by atoms with Crippen molar-refractivity contribution in [3.8, 4) is 11.8 Å². The van der Waals surface area contributed by atoms with Gasteiger partial charge in [0.05, 0.1) is 0 Å². The minimum Gasteiger partial charge on any atom is -0.424 e. The molecular weight excluding hydrogens is 352 g/mol. The summed E-state index contributed by atoms with van der Waals surface area (Å²) in [5, 5.41) is 2.99. The molecular formula is C22H22N4O2. The maximum Gasteiger partial charge on any atom is 0.322 e. The third-order valence-electron chi connectivity index (χ3n) is 4.81. The van der Waals surface area contributed by atoms with E-state index in [9.17, 15) is 4.79 Å². The van der Waals surface area contributed by atoms with Crippen molar-refractivity contribution in [2.24, 2.45) is 0 Å². The van der Waals surface area contributed by atoms with Crippen molar-refractivity contribution >= 4 is 11.7 Å². The highest BCUT2D eigenvalue weighted by atomic mass is 16.5. The number of likely N-dealkylation sites (tertiary alicyclic amines) is 1. The van der Waals surface area contributed by atoms with E-state index in [1.165, 1.54) is 5.56 Å². The van der Waals surface area contributed by atoms with Crippen LogP contribution in [0.25, 0.3) is 0 Å². The number of benzene rings is 2. The van der Waals surface area contributed by atoms with Gasteiger partial charge < -0.3 is 15.0 Å². The molecule has 1 aliphatic rings. The van der Waals surface area contributed by atoms with Crippen molar-refractivity contribution in [1.29, 1.82) is 0 Å². The lowest BCUT2D eigenvalue weighted by Crippen LogP contribution is -2.39. The zero-order chi connectivity index (χ0) is 19.2. The van der Waals surface area contributed by atoms with Crippen LogP contribution >= 0.6 is 0 Å². The van der Waals surface area contributed by atoms with Crippen LogP contribution in [0.5, 0.6) is 11.8 Å². The van der Waals surface area contributed by atoms with E-state index in [0.717, 1.165) is 31.5 Å². The number of ether oxygens (including phenoxy) is 1. The Labute approximate surface area is 164 Å². The Bertz CT molecular complexity index is 901. The summed E-state index contributed by atoms with van der Waals surface area (Å²) in [6, 6.07) is 19.7. The maximum absolute atomic E-state index is 12.8. The lowest BCUT2D eigenvalue weighted by Gasteiger charge is -2.25. The molecule has 0 bridgehead atoms. The molecule has 0 spiro atoms. The molecule has 2 amide bonds. The van der Waals surface area contributed by atoms with Gasteiger partial charge in [0.2, 0.25) is 0 Å². The molecule has 1 N–H and O–H groups in total. The predicted molar refractivity (Wildman–Crippen MR) is 107 cm³/mol. The molecule has 1 saturated heterocycles. The van der Waals surface area contributed by atoms with E-state index in [2.05, 4.69) is 27.4 Å². The molecule has 0 radical (unpaired) electrons. The molecule has 2 aromatic carbocycles. The number of aromatic nitrogens is 2. The van der Waals surface area contributed by atoms with Crippen LogP contribution in [0.15, 0.2) is 73.1 Å². The van der Waals surface area contributed by atoms with Crippen LogP contribution in [0.2, 0.25) is 0 Å². The number of carbonyl (C=O) groups is 1. The van der Waals surface area contributed by atoms with Gasteiger partial charge in [0.25, 0.3) is 0 Å². The summed E-state index contributed by atoms with van der Waals surface area (Å²) in [6.45, 7) is 0.788. The minimum absolute atomic E-state index is 0.0570. The Hall–Kier alpha value is -3.41. The second-order valence-electron chi connectivity index (χ2n) is 6.77.